The molecule has 0 aromatic heterocycles. The van der Waals surface area contributed by atoms with Gasteiger partial charge in [0.1, 0.15) is 0 Å². The van der Waals surface area contributed by atoms with Crippen molar-refractivity contribution in [3.63, 3.8) is 0 Å². The predicted molar refractivity (Wildman–Crippen MR) is 37.1 cm³/mol. The van der Waals surface area contributed by atoms with Crippen LogP contribution in [0.1, 0.15) is 12.8 Å². The van der Waals surface area contributed by atoms with Gasteiger partial charge >= 0.3 is 6.16 Å². The van der Waals surface area contributed by atoms with Crippen molar-refractivity contribution >= 4 is 6.16 Å². The van der Waals surface area contributed by atoms with Crippen LogP contribution in [0.25, 0.3) is 0 Å². The van der Waals surface area contributed by atoms with E-state index in [0.717, 1.165) is 19.4 Å². The van der Waals surface area contributed by atoms with Crippen LogP contribution in [0.15, 0.2) is 0 Å². The Kier molecular flexibility index (Phi) is 5.86. The minimum absolute atomic E-state index is 0.303. The van der Waals surface area contributed by atoms with E-state index in [2.05, 4.69) is 10.1 Å². The van der Waals surface area contributed by atoms with E-state index in [-0.39, 0.29) is 0 Å². The second-order valence-corrected chi connectivity index (χ2v) is 1.93. The third-order valence-electron chi connectivity index (χ3n) is 1.05. The van der Waals surface area contributed by atoms with E-state index in [1.165, 1.54) is 0 Å². The first-order valence-corrected chi connectivity index (χ1v) is 3.27. The Morgan fingerprint density at radius 1 is 1.60 bits per heavy atom. The SMILES string of the molecule is CNCCCCOC(=O)O. The molecule has 4 heteroatoms. The number of carboxylic acid groups (broad SMARTS) is 1. The zero-order chi connectivity index (χ0) is 7.82. The van der Waals surface area contributed by atoms with Gasteiger partial charge in [-0.3, -0.25) is 0 Å². The lowest BCUT2D eigenvalue weighted by atomic mass is 10.3. The maximum absolute atomic E-state index is 9.79. The monoisotopic (exact) mass is 147 g/mol. The van der Waals surface area contributed by atoms with Crippen molar-refractivity contribution in [2.24, 2.45) is 0 Å². The summed E-state index contributed by atoms with van der Waals surface area (Å²) < 4.78 is 4.28. The number of hydrogen-bond acceptors (Lipinski definition) is 3. The largest absolute Gasteiger partial charge is 0.505 e. The van der Waals surface area contributed by atoms with Gasteiger partial charge in [-0.05, 0) is 26.4 Å². The molecule has 0 aliphatic carbocycles. The molecule has 0 fully saturated rings. The van der Waals surface area contributed by atoms with Gasteiger partial charge in [0.25, 0.3) is 0 Å². The molecule has 60 valence electrons. The van der Waals surface area contributed by atoms with Gasteiger partial charge in [-0.1, -0.05) is 0 Å². The van der Waals surface area contributed by atoms with Crippen LogP contribution >= 0.6 is 0 Å². The third-order valence-corrected chi connectivity index (χ3v) is 1.05. The molecule has 10 heavy (non-hydrogen) atoms. The average molecular weight is 147 g/mol. The minimum atomic E-state index is -1.19. The molecule has 0 bridgehead atoms. The van der Waals surface area contributed by atoms with Crippen LogP contribution in [0, 0.1) is 0 Å². The molecule has 0 spiro atoms. The lowest BCUT2D eigenvalue weighted by Crippen LogP contribution is -2.09. The highest BCUT2D eigenvalue weighted by molar-refractivity contribution is 5.56. The number of ether oxygens (including phenoxy) is 1. The predicted octanol–water partition coefficient (Wildman–Crippen LogP) is 0.681. The molecule has 0 radical (unpaired) electrons. The maximum atomic E-state index is 9.79. The minimum Gasteiger partial charge on any atom is -0.450 e. The molecule has 2 N–H and O–H groups in total. The topological polar surface area (TPSA) is 58.6 Å². The van der Waals surface area contributed by atoms with Crippen LogP contribution in [-0.4, -0.2) is 31.5 Å². The lowest BCUT2D eigenvalue weighted by molar-refractivity contribution is 0.0902. The molecular weight excluding hydrogens is 134 g/mol. The summed E-state index contributed by atoms with van der Waals surface area (Å²) in [6, 6.07) is 0. The van der Waals surface area contributed by atoms with E-state index in [1.54, 1.807) is 0 Å². The first-order valence-electron chi connectivity index (χ1n) is 3.27. The van der Waals surface area contributed by atoms with Crippen LogP contribution in [0.5, 0.6) is 0 Å². The zero-order valence-electron chi connectivity index (χ0n) is 6.09. The van der Waals surface area contributed by atoms with Gasteiger partial charge in [-0.25, -0.2) is 4.79 Å². The number of hydrogen-bond donors (Lipinski definition) is 2. The summed E-state index contributed by atoms with van der Waals surface area (Å²) in [7, 11) is 1.86. The summed E-state index contributed by atoms with van der Waals surface area (Å²) in [6.07, 6.45) is 0.543. The molecule has 0 amide bonds. The summed E-state index contributed by atoms with van der Waals surface area (Å²) in [5.41, 5.74) is 0. The Balaban J connectivity index is 2.84. The van der Waals surface area contributed by atoms with Crippen molar-refractivity contribution in [2.45, 2.75) is 12.8 Å². The summed E-state index contributed by atoms with van der Waals surface area (Å²) in [5, 5.41) is 11.0. The van der Waals surface area contributed by atoms with Gasteiger partial charge in [0.15, 0.2) is 0 Å². The molecule has 4 nitrogen and oxygen atoms in total. The van der Waals surface area contributed by atoms with Gasteiger partial charge in [0.2, 0.25) is 0 Å². The van der Waals surface area contributed by atoms with Crippen LogP contribution in [0.4, 0.5) is 4.79 Å². The van der Waals surface area contributed by atoms with E-state index < -0.39 is 6.16 Å². The van der Waals surface area contributed by atoms with Crippen LogP contribution in [0.2, 0.25) is 0 Å². The molecular formula is C6H13NO3. The number of carbonyl (C=O) groups is 1. The van der Waals surface area contributed by atoms with Gasteiger partial charge in [0.05, 0.1) is 6.61 Å². The Labute approximate surface area is 60.2 Å². The summed E-state index contributed by atoms with van der Waals surface area (Å²) in [4.78, 5) is 9.79. The number of rotatable bonds is 5. The van der Waals surface area contributed by atoms with E-state index >= 15 is 0 Å². The first kappa shape index (κ1) is 9.23. The molecule has 0 saturated carbocycles. The lowest BCUT2D eigenvalue weighted by Gasteiger charge is -1.98. The van der Waals surface area contributed by atoms with Gasteiger partial charge < -0.3 is 15.2 Å². The van der Waals surface area contributed by atoms with E-state index in [1.807, 2.05) is 7.05 Å². The van der Waals surface area contributed by atoms with Gasteiger partial charge in [0, 0.05) is 0 Å². The van der Waals surface area contributed by atoms with E-state index in [9.17, 15) is 4.79 Å². The normalized spacial score (nSPS) is 9.30. The van der Waals surface area contributed by atoms with Crippen LogP contribution in [0.3, 0.4) is 0 Å². The Bertz CT molecular complexity index is 95.0. The molecule has 0 heterocycles. The quantitative estimate of drug-likeness (QED) is 0.443. The molecule has 0 aliphatic rings. The molecule has 0 unspecified atom stereocenters. The second-order valence-electron chi connectivity index (χ2n) is 1.93. The third kappa shape index (κ3) is 7.23. The van der Waals surface area contributed by atoms with Crippen LogP contribution in [-0.2, 0) is 4.74 Å². The van der Waals surface area contributed by atoms with Crippen molar-refractivity contribution in [1.29, 1.82) is 0 Å². The van der Waals surface area contributed by atoms with Crippen LogP contribution < -0.4 is 5.32 Å². The Morgan fingerprint density at radius 3 is 2.80 bits per heavy atom. The van der Waals surface area contributed by atoms with E-state index in [0.29, 0.717) is 6.61 Å². The molecule has 0 aromatic rings. The zero-order valence-corrected chi connectivity index (χ0v) is 6.09. The van der Waals surface area contributed by atoms with Crippen molar-refractivity contribution in [1.82, 2.24) is 5.32 Å². The Hall–Kier alpha value is -0.770. The molecule has 0 rings (SSSR count). The fourth-order valence-corrected chi connectivity index (χ4v) is 0.563. The van der Waals surface area contributed by atoms with Crippen molar-refractivity contribution in [3.8, 4) is 0 Å². The number of nitrogens with one attached hydrogen (secondary N) is 1. The van der Waals surface area contributed by atoms with Crippen molar-refractivity contribution in [3.05, 3.63) is 0 Å². The van der Waals surface area contributed by atoms with Crippen molar-refractivity contribution in [2.75, 3.05) is 20.2 Å². The molecule has 0 atom stereocenters. The summed E-state index contributed by atoms with van der Waals surface area (Å²) in [6.45, 7) is 1.21. The Morgan fingerprint density at radius 2 is 2.30 bits per heavy atom. The average Bonchev–Trinajstić information content (AvgIpc) is 1.87. The summed E-state index contributed by atoms with van der Waals surface area (Å²) in [5.74, 6) is 0. The maximum Gasteiger partial charge on any atom is 0.505 e. The highest BCUT2D eigenvalue weighted by atomic mass is 16.7. The summed E-state index contributed by atoms with van der Waals surface area (Å²) >= 11 is 0. The van der Waals surface area contributed by atoms with Gasteiger partial charge in [-0.15, -0.1) is 0 Å². The fourth-order valence-electron chi connectivity index (χ4n) is 0.563. The smallest absolute Gasteiger partial charge is 0.450 e. The second kappa shape index (κ2) is 6.35. The highest BCUT2D eigenvalue weighted by Gasteiger charge is 1.93. The standard InChI is InChI=1S/C6H13NO3/c1-7-4-2-3-5-10-6(8)9/h7H,2-5H2,1H3,(H,8,9). The number of unbranched alkanes of at least 4 members (excludes halogenated alkanes) is 1. The molecule has 0 aliphatic heterocycles. The van der Waals surface area contributed by atoms with E-state index in [4.69, 9.17) is 5.11 Å². The van der Waals surface area contributed by atoms with Crippen molar-refractivity contribution < 1.29 is 14.6 Å². The fraction of sp³-hybridized carbons (Fsp3) is 0.833. The van der Waals surface area contributed by atoms with Gasteiger partial charge in [-0.2, -0.15) is 0 Å². The molecule has 0 saturated heterocycles. The first-order chi connectivity index (χ1) is 4.77. The molecule has 0 aromatic carbocycles. The highest BCUT2D eigenvalue weighted by Crippen LogP contribution is 1.87.